The van der Waals surface area contributed by atoms with Crippen LogP contribution in [0.1, 0.15) is 13.3 Å². The molecule has 78 valence electrons. The predicted octanol–water partition coefficient (Wildman–Crippen LogP) is 2.67. The van der Waals surface area contributed by atoms with Crippen LogP contribution >= 0.6 is 0 Å². The molecule has 0 aliphatic rings. The molecule has 0 amide bonds. The van der Waals surface area contributed by atoms with Crippen molar-refractivity contribution in [3.8, 4) is 17.0 Å². The number of phenols is 1. The summed E-state index contributed by atoms with van der Waals surface area (Å²) in [5, 5.41) is 13.5. The molecule has 0 aliphatic carbocycles. The van der Waals surface area contributed by atoms with Gasteiger partial charge in [0.05, 0.1) is 5.69 Å². The van der Waals surface area contributed by atoms with Gasteiger partial charge in [-0.05, 0) is 36.8 Å². The van der Waals surface area contributed by atoms with Crippen LogP contribution in [0, 0.1) is 0 Å². The van der Waals surface area contributed by atoms with Gasteiger partial charge in [-0.25, -0.2) is 0 Å². The molecule has 0 radical (unpaired) electrons. The van der Waals surface area contributed by atoms with Crippen LogP contribution in [0.3, 0.4) is 0 Å². The largest absolute Gasteiger partial charge is 0.508 e. The Hall–Kier alpha value is -1.77. The van der Waals surface area contributed by atoms with E-state index in [1.807, 2.05) is 22.9 Å². The summed E-state index contributed by atoms with van der Waals surface area (Å²) in [4.78, 5) is 0. The molecule has 2 aromatic rings. The van der Waals surface area contributed by atoms with Gasteiger partial charge in [-0.3, -0.25) is 4.68 Å². The van der Waals surface area contributed by atoms with Crippen LogP contribution in [0.15, 0.2) is 36.5 Å². The number of phenolic OH excluding ortho intramolecular Hbond substituents is 1. The average molecular weight is 202 g/mol. The van der Waals surface area contributed by atoms with E-state index in [4.69, 9.17) is 0 Å². The quantitative estimate of drug-likeness (QED) is 0.830. The van der Waals surface area contributed by atoms with Crippen molar-refractivity contribution in [3.05, 3.63) is 36.5 Å². The van der Waals surface area contributed by atoms with Gasteiger partial charge in [-0.15, -0.1) is 0 Å². The van der Waals surface area contributed by atoms with Crippen LogP contribution < -0.4 is 0 Å². The van der Waals surface area contributed by atoms with Gasteiger partial charge in [0.1, 0.15) is 5.75 Å². The maximum Gasteiger partial charge on any atom is 0.115 e. The van der Waals surface area contributed by atoms with Crippen molar-refractivity contribution < 1.29 is 5.11 Å². The van der Waals surface area contributed by atoms with Crippen LogP contribution in [-0.2, 0) is 6.54 Å². The smallest absolute Gasteiger partial charge is 0.115 e. The minimum absolute atomic E-state index is 0.292. The van der Waals surface area contributed by atoms with Crippen molar-refractivity contribution in [1.29, 1.82) is 0 Å². The highest BCUT2D eigenvalue weighted by atomic mass is 16.3. The number of rotatable bonds is 3. The van der Waals surface area contributed by atoms with Gasteiger partial charge in [-0.1, -0.05) is 6.92 Å². The predicted molar refractivity (Wildman–Crippen MR) is 59.6 cm³/mol. The zero-order valence-electron chi connectivity index (χ0n) is 8.72. The standard InChI is InChI=1S/C12H14N2O/c1-2-9-14-12(7-8-13-14)10-3-5-11(15)6-4-10/h3-8,15H,2,9H2,1H3. The molecular weight excluding hydrogens is 188 g/mol. The van der Waals surface area contributed by atoms with Gasteiger partial charge in [0.25, 0.3) is 0 Å². The van der Waals surface area contributed by atoms with E-state index >= 15 is 0 Å². The van der Waals surface area contributed by atoms with E-state index in [-0.39, 0.29) is 0 Å². The molecule has 2 rings (SSSR count). The Morgan fingerprint density at radius 3 is 2.60 bits per heavy atom. The first-order valence-corrected chi connectivity index (χ1v) is 5.12. The van der Waals surface area contributed by atoms with Crippen LogP contribution in [0.5, 0.6) is 5.75 Å². The number of nitrogens with zero attached hydrogens (tertiary/aromatic N) is 2. The van der Waals surface area contributed by atoms with Crippen molar-refractivity contribution in [2.24, 2.45) is 0 Å². The van der Waals surface area contributed by atoms with Crippen LogP contribution in [-0.4, -0.2) is 14.9 Å². The molecule has 0 atom stereocenters. The molecule has 3 nitrogen and oxygen atoms in total. The minimum Gasteiger partial charge on any atom is -0.508 e. The highest BCUT2D eigenvalue weighted by Crippen LogP contribution is 2.21. The molecule has 0 unspecified atom stereocenters. The van der Waals surface area contributed by atoms with E-state index in [9.17, 15) is 5.11 Å². The van der Waals surface area contributed by atoms with Crippen molar-refractivity contribution in [1.82, 2.24) is 9.78 Å². The molecule has 0 aliphatic heterocycles. The summed E-state index contributed by atoms with van der Waals surface area (Å²) in [5.74, 6) is 0.292. The monoisotopic (exact) mass is 202 g/mol. The average Bonchev–Trinajstić information content (AvgIpc) is 2.68. The van der Waals surface area contributed by atoms with Gasteiger partial charge in [0.2, 0.25) is 0 Å². The maximum absolute atomic E-state index is 9.20. The Labute approximate surface area is 89.0 Å². The summed E-state index contributed by atoms with van der Waals surface area (Å²) in [6.07, 6.45) is 2.87. The lowest BCUT2D eigenvalue weighted by molar-refractivity contribution is 0.475. The summed E-state index contributed by atoms with van der Waals surface area (Å²) in [5.41, 5.74) is 2.18. The van der Waals surface area contributed by atoms with Crippen LogP contribution in [0.25, 0.3) is 11.3 Å². The Morgan fingerprint density at radius 2 is 1.93 bits per heavy atom. The normalized spacial score (nSPS) is 10.5. The fourth-order valence-electron chi connectivity index (χ4n) is 1.60. The first kappa shape index (κ1) is 9.77. The number of aromatic nitrogens is 2. The summed E-state index contributed by atoms with van der Waals surface area (Å²) in [6.45, 7) is 3.05. The molecule has 0 spiro atoms. The summed E-state index contributed by atoms with van der Waals surface area (Å²) >= 11 is 0. The minimum atomic E-state index is 0.292. The number of hydrogen-bond donors (Lipinski definition) is 1. The number of aromatic hydroxyl groups is 1. The second kappa shape index (κ2) is 4.17. The maximum atomic E-state index is 9.20. The lowest BCUT2D eigenvalue weighted by Gasteiger charge is -2.05. The number of hydrogen-bond acceptors (Lipinski definition) is 2. The second-order valence-corrected chi connectivity index (χ2v) is 3.49. The summed E-state index contributed by atoms with van der Waals surface area (Å²) < 4.78 is 1.98. The summed E-state index contributed by atoms with van der Waals surface area (Å²) in [6, 6.07) is 9.18. The SMILES string of the molecule is CCCn1nccc1-c1ccc(O)cc1. The molecular formula is C12H14N2O. The van der Waals surface area contributed by atoms with Crippen molar-refractivity contribution in [2.45, 2.75) is 19.9 Å². The van der Waals surface area contributed by atoms with Gasteiger partial charge in [-0.2, -0.15) is 5.10 Å². The van der Waals surface area contributed by atoms with Crippen LogP contribution in [0.4, 0.5) is 0 Å². The Balaban J connectivity index is 2.36. The Bertz CT molecular complexity index is 431. The third-order valence-electron chi connectivity index (χ3n) is 2.32. The fraction of sp³-hybridized carbons (Fsp3) is 0.250. The number of benzene rings is 1. The van der Waals surface area contributed by atoms with E-state index in [0.29, 0.717) is 5.75 Å². The van der Waals surface area contributed by atoms with Crippen molar-refractivity contribution in [3.63, 3.8) is 0 Å². The third kappa shape index (κ3) is 2.01. The first-order chi connectivity index (χ1) is 7.31. The van der Waals surface area contributed by atoms with Crippen LogP contribution in [0.2, 0.25) is 0 Å². The highest BCUT2D eigenvalue weighted by molar-refractivity contribution is 5.60. The lowest BCUT2D eigenvalue weighted by Crippen LogP contribution is -2.00. The third-order valence-corrected chi connectivity index (χ3v) is 2.32. The van der Waals surface area contributed by atoms with E-state index in [1.165, 1.54) is 0 Å². The molecule has 0 saturated carbocycles. The van der Waals surface area contributed by atoms with Gasteiger partial charge >= 0.3 is 0 Å². The number of aryl methyl sites for hydroxylation is 1. The molecule has 3 heteroatoms. The van der Waals surface area contributed by atoms with E-state index in [1.54, 1.807) is 18.3 Å². The fourth-order valence-corrected chi connectivity index (χ4v) is 1.60. The molecule has 1 heterocycles. The van der Waals surface area contributed by atoms with Crippen molar-refractivity contribution in [2.75, 3.05) is 0 Å². The molecule has 0 saturated heterocycles. The van der Waals surface area contributed by atoms with Gasteiger partial charge in [0.15, 0.2) is 0 Å². The molecule has 0 fully saturated rings. The molecule has 1 aromatic carbocycles. The van der Waals surface area contributed by atoms with Gasteiger partial charge < -0.3 is 5.11 Å². The molecule has 15 heavy (non-hydrogen) atoms. The molecule has 1 aromatic heterocycles. The highest BCUT2D eigenvalue weighted by Gasteiger charge is 2.03. The first-order valence-electron chi connectivity index (χ1n) is 5.12. The van der Waals surface area contributed by atoms with Gasteiger partial charge in [0, 0.05) is 18.3 Å². The second-order valence-electron chi connectivity index (χ2n) is 3.49. The van der Waals surface area contributed by atoms with E-state index < -0.39 is 0 Å². The zero-order valence-corrected chi connectivity index (χ0v) is 8.72. The van der Waals surface area contributed by atoms with E-state index in [0.717, 1.165) is 24.2 Å². The zero-order chi connectivity index (χ0) is 10.7. The van der Waals surface area contributed by atoms with E-state index in [2.05, 4.69) is 12.0 Å². The Morgan fingerprint density at radius 1 is 1.20 bits per heavy atom. The topological polar surface area (TPSA) is 38.0 Å². The molecule has 1 N–H and O–H groups in total. The lowest BCUT2D eigenvalue weighted by atomic mass is 10.1. The molecule has 0 bridgehead atoms. The van der Waals surface area contributed by atoms with Crippen molar-refractivity contribution >= 4 is 0 Å². The Kier molecular flexibility index (Phi) is 2.72. The summed E-state index contributed by atoms with van der Waals surface area (Å²) in [7, 11) is 0.